The van der Waals surface area contributed by atoms with Crippen LogP contribution in [0.5, 0.6) is 0 Å². The molecule has 0 heterocycles. The Kier molecular flexibility index (Phi) is 6.78. The molecule has 0 spiro atoms. The highest BCUT2D eigenvalue weighted by Crippen LogP contribution is 2.24. The van der Waals surface area contributed by atoms with E-state index in [1.54, 1.807) is 12.0 Å². The third kappa shape index (κ3) is 4.37. The van der Waals surface area contributed by atoms with Crippen molar-refractivity contribution in [1.82, 2.24) is 9.80 Å². The van der Waals surface area contributed by atoms with Gasteiger partial charge in [-0.1, -0.05) is 12.8 Å². The number of ether oxygens (including phenoxy) is 1. The summed E-state index contributed by atoms with van der Waals surface area (Å²) >= 11 is 0. The maximum Gasteiger partial charge on any atom is 0.323 e. The van der Waals surface area contributed by atoms with E-state index in [0.29, 0.717) is 13.2 Å². The number of hydrogen-bond acceptors (Lipinski definition) is 3. The standard InChI is InChI=1S/C14H26N2O4/c1-4-15(11(2)10-20-3)14(19)16(9-13(17)18)12-7-5-6-8-12/h11-12H,4-10H2,1-3H3,(H,17,18). The molecule has 116 valence electrons. The number of hydrogen-bond donors (Lipinski definition) is 1. The normalized spacial score (nSPS) is 16.9. The molecule has 1 saturated carbocycles. The van der Waals surface area contributed by atoms with Gasteiger partial charge in [-0.15, -0.1) is 0 Å². The van der Waals surface area contributed by atoms with E-state index in [2.05, 4.69) is 0 Å². The molecule has 20 heavy (non-hydrogen) atoms. The average molecular weight is 286 g/mol. The molecule has 1 atom stereocenters. The van der Waals surface area contributed by atoms with Crippen LogP contribution >= 0.6 is 0 Å². The highest BCUT2D eigenvalue weighted by molar-refractivity contribution is 5.80. The molecule has 1 fully saturated rings. The quantitative estimate of drug-likeness (QED) is 0.774. The molecule has 2 amide bonds. The van der Waals surface area contributed by atoms with Crippen molar-refractivity contribution < 1.29 is 19.4 Å². The molecule has 0 aromatic heterocycles. The molecule has 1 unspecified atom stereocenters. The summed E-state index contributed by atoms with van der Waals surface area (Å²) in [5, 5.41) is 9.05. The summed E-state index contributed by atoms with van der Waals surface area (Å²) in [6, 6.07) is -0.191. The molecule has 1 N–H and O–H groups in total. The molecular weight excluding hydrogens is 260 g/mol. The average Bonchev–Trinajstić information content (AvgIpc) is 2.90. The van der Waals surface area contributed by atoms with Gasteiger partial charge in [0.15, 0.2) is 0 Å². The summed E-state index contributed by atoms with van der Waals surface area (Å²) < 4.78 is 5.09. The van der Waals surface area contributed by atoms with Crippen molar-refractivity contribution in [3.8, 4) is 0 Å². The van der Waals surface area contributed by atoms with Gasteiger partial charge in [-0.2, -0.15) is 0 Å². The van der Waals surface area contributed by atoms with Gasteiger partial charge in [0.1, 0.15) is 6.54 Å². The zero-order valence-electron chi connectivity index (χ0n) is 12.7. The molecule has 1 rings (SSSR count). The zero-order chi connectivity index (χ0) is 15.1. The highest BCUT2D eigenvalue weighted by Gasteiger charge is 2.32. The predicted molar refractivity (Wildman–Crippen MR) is 75.7 cm³/mol. The van der Waals surface area contributed by atoms with E-state index in [9.17, 15) is 9.59 Å². The van der Waals surface area contributed by atoms with Crippen molar-refractivity contribution in [1.29, 1.82) is 0 Å². The van der Waals surface area contributed by atoms with Gasteiger partial charge >= 0.3 is 12.0 Å². The van der Waals surface area contributed by atoms with Crippen LogP contribution in [0.4, 0.5) is 4.79 Å². The van der Waals surface area contributed by atoms with E-state index in [-0.39, 0.29) is 24.7 Å². The molecule has 0 aliphatic heterocycles. The summed E-state index contributed by atoms with van der Waals surface area (Å²) in [5.41, 5.74) is 0. The van der Waals surface area contributed by atoms with Crippen LogP contribution in [0.2, 0.25) is 0 Å². The number of likely N-dealkylation sites (N-methyl/N-ethyl adjacent to an activating group) is 1. The van der Waals surface area contributed by atoms with E-state index < -0.39 is 5.97 Å². The largest absolute Gasteiger partial charge is 0.480 e. The smallest absolute Gasteiger partial charge is 0.323 e. The van der Waals surface area contributed by atoms with Crippen LogP contribution in [0.1, 0.15) is 39.5 Å². The Morgan fingerprint density at radius 2 is 1.95 bits per heavy atom. The van der Waals surface area contributed by atoms with Crippen molar-refractivity contribution in [3.63, 3.8) is 0 Å². The van der Waals surface area contributed by atoms with Crippen molar-refractivity contribution in [2.45, 2.75) is 51.6 Å². The maximum atomic E-state index is 12.6. The monoisotopic (exact) mass is 286 g/mol. The minimum Gasteiger partial charge on any atom is -0.480 e. The van der Waals surface area contributed by atoms with Gasteiger partial charge in [-0.05, 0) is 26.7 Å². The zero-order valence-corrected chi connectivity index (χ0v) is 12.7. The lowest BCUT2D eigenvalue weighted by Gasteiger charge is -2.36. The number of carbonyl (C=O) groups excluding carboxylic acids is 1. The first-order valence-electron chi connectivity index (χ1n) is 7.29. The van der Waals surface area contributed by atoms with E-state index in [4.69, 9.17) is 9.84 Å². The van der Waals surface area contributed by atoms with Gasteiger partial charge < -0.3 is 19.6 Å². The molecule has 0 radical (unpaired) electrons. The van der Waals surface area contributed by atoms with E-state index in [1.807, 2.05) is 13.8 Å². The Bertz CT molecular complexity index is 329. The summed E-state index contributed by atoms with van der Waals surface area (Å²) in [5.74, 6) is -0.958. The molecule has 1 aliphatic rings. The minimum absolute atomic E-state index is 0.0578. The molecule has 0 bridgehead atoms. The molecule has 0 aromatic rings. The third-order valence-corrected chi connectivity index (χ3v) is 3.84. The summed E-state index contributed by atoms with van der Waals surface area (Å²) in [7, 11) is 1.60. The van der Waals surface area contributed by atoms with Crippen LogP contribution < -0.4 is 0 Å². The first-order chi connectivity index (χ1) is 9.51. The fraction of sp³-hybridized carbons (Fsp3) is 0.857. The van der Waals surface area contributed by atoms with Gasteiger partial charge in [-0.25, -0.2) is 4.79 Å². The lowest BCUT2D eigenvalue weighted by molar-refractivity contribution is -0.138. The fourth-order valence-electron chi connectivity index (χ4n) is 2.85. The van der Waals surface area contributed by atoms with E-state index in [1.165, 1.54) is 4.90 Å². The number of nitrogens with zero attached hydrogens (tertiary/aromatic N) is 2. The lowest BCUT2D eigenvalue weighted by Crippen LogP contribution is -2.52. The SMILES string of the molecule is CCN(C(=O)N(CC(=O)O)C1CCCC1)C(C)COC. The van der Waals surface area contributed by atoms with Crippen LogP contribution in [-0.2, 0) is 9.53 Å². The van der Waals surface area contributed by atoms with Gasteiger partial charge in [-0.3, -0.25) is 4.79 Å². The number of methoxy groups -OCH3 is 1. The Morgan fingerprint density at radius 1 is 1.35 bits per heavy atom. The van der Waals surface area contributed by atoms with Crippen LogP contribution in [0, 0.1) is 0 Å². The Hall–Kier alpha value is -1.30. The molecule has 6 heteroatoms. The second-order valence-electron chi connectivity index (χ2n) is 5.33. The van der Waals surface area contributed by atoms with Crippen molar-refractivity contribution in [3.05, 3.63) is 0 Å². The number of aliphatic carboxylic acids is 1. The molecule has 0 saturated heterocycles. The van der Waals surface area contributed by atoms with Gasteiger partial charge in [0, 0.05) is 19.7 Å². The second-order valence-corrected chi connectivity index (χ2v) is 5.33. The summed E-state index contributed by atoms with van der Waals surface area (Å²) in [6.07, 6.45) is 3.92. The van der Waals surface area contributed by atoms with E-state index in [0.717, 1.165) is 25.7 Å². The number of urea groups is 1. The number of carbonyl (C=O) groups is 2. The fourth-order valence-corrected chi connectivity index (χ4v) is 2.85. The van der Waals surface area contributed by atoms with Gasteiger partial charge in [0.05, 0.1) is 12.6 Å². The Labute approximate surface area is 120 Å². The first-order valence-corrected chi connectivity index (χ1v) is 7.29. The molecule has 6 nitrogen and oxygen atoms in total. The number of amides is 2. The van der Waals surface area contributed by atoms with Crippen molar-refractivity contribution in [2.75, 3.05) is 26.8 Å². The topological polar surface area (TPSA) is 70.1 Å². The lowest BCUT2D eigenvalue weighted by atomic mass is 10.2. The van der Waals surface area contributed by atoms with Gasteiger partial charge in [0.2, 0.25) is 0 Å². The minimum atomic E-state index is -0.958. The summed E-state index contributed by atoms with van der Waals surface area (Å²) in [4.78, 5) is 26.9. The second kappa shape index (κ2) is 8.09. The van der Waals surface area contributed by atoms with Gasteiger partial charge in [0.25, 0.3) is 0 Å². The third-order valence-electron chi connectivity index (χ3n) is 3.84. The first kappa shape index (κ1) is 16.8. The molecular formula is C14H26N2O4. The Morgan fingerprint density at radius 3 is 2.40 bits per heavy atom. The predicted octanol–water partition coefficient (Wildman–Crippen LogP) is 1.79. The highest BCUT2D eigenvalue weighted by atomic mass is 16.5. The number of carboxylic acids is 1. The number of carboxylic acid groups (broad SMARTS) is 1. The van der Waals surface area contributed by atoms with E-state index >= 15 is 0 Å². The summed E-state index contributed by atoms with van der Waals surface area (Å²) in [6.45, 7) is 4.59. The van der Waals surface area contributed by atoms with Crippen molar-refractivity contribution in [2.24, 2.45) is 0 Å². The van der Waals surface area contributed by atoms with Crippen LogP contribution in [0.3, 0.4) is 0 Å². The van der Waals surface area contributed by atoms with Crippen molar-refractivity contribution >= 4 is 12.0 Å². The molecule has 1 aliphatic carbocycles. The van der Waals surface area contributed by atoms with Crippen LogP contribution in [-0.4, -0.2) is 65.8 Å². The molecule has 0 aromatic carbocycles. The van der Waals surface area contributed by atoms with Crippen LogP contribution in [0.15, 0.2) is 0 Å². The maximum absolute atomic E-state index is 12.6. The Balaban J connectivity index is 2.81. The van der Waals surface area contributed by atoms with Crippen LogP contribution in [0.25, 0.3) is 0 Å². The number of rotatable bonds is 7.